The van der Waals surface area contributed by atoms with Crippen molar-refractivity contribution >= 4 is 28.2 Å². The summed E-state index contributed by atoms with van der Waals surface area (Å²) in [5.74, 6) is 0.803. The summed E-state index contributed by atoms with van der Waals surface area (Å²) in [5, 5.41) is 8.39. The minimum absolute atomic E-state index is 0.491. The van der Waals surface area contributed by atoms with Crippen LogP contribution in [0.2, 0.25) is 0 Å². The fourth-order valence-electron chi connectivity index (χ4n) is 2.63. The summed E-state index contributed by atoms with van der Waals surface area (Å²) in [6.45, 7) is 8.94. The van der Waals surface area contributed by atoms with Crippen LogP contribution in [0.5, 0.6) is 0 Å². The molecule has 1 aliphatic heterocycles. The van der Waals surface area contributed by atoms with Gasteiger partial charge in [-0.3, -0.25) is 0 Å². The Bertz CT molecular complexity index is 870. The fourth-order valence-corrected chi connectivity index (χ4v) is 2.63. The second-order valence-corrected chi connectivity index (χ2v) is 5.11. The van der Waals surface area contributed by atoms with Gasteiger partial charge in [0.2, 0.25) is 5.95 Å². The molecule has 3 heterocycles. The van der Waals surface area contributed by atoms with Crippen LogP contribution in [0, 0.1) is 6.57 Å². The summed E-state index contributed by atoms with van der Waals surface area (Å²) < 4.78 is 1.75. The summed E-state index contributed by atoms with van der Waals surface area (Å²) in [6, 6.07) is 5.96. The number of likely N-dealkylation sites (N-methyl/N-ethyl adjacent to an activating group) is 1. The van der Waals surface area contributed by atoms with Crippen molar-refractivity contribution in [2.75, 3.05) is 25.0 Å². The van der Waals surface area contributed by atoms with E-state index in [1.807, 2.05) is 19.2 Å². The summed E-state index contributed by atoms with van der Waals surface area (Å²) in [4.78, 5) is 14.7. The van der Waals surface area contributed by atoms with Crippen molar-refractivity contribution in [3.63, 3.8) is 0 Å². The number of benzene rings is 1. The van der Waals surface area contributed by atoms with Crippen molar-refractivity contribution in [3.8, 4) is 0 Å². The van der Waals surface area contributed by atoms with Crippen LogP contribution in [-0.2, 0) is 0 Å². The number of nitrogens with zero attached hydrogens (tertiary/aromatic N) is 6. The lowest BCUT2D eigenvalue weighted by Crippen LogP contribution is -2.58. The van der Waals surface area contributed by atoms with Crippen molar-refractivity contribution in [3.05, 3.63) is 35.9 Å². The molecular formula is C14H13N7. The molecule has 0 unspecified atom stereocenters. The molecule has 0 bridgehead atoms. The highest BCUT2D eigenvalue weighted by Crippen LogP contribution is 2.27. The van der Waals surface area contributed by atoms with E-state index in [2.05, 4.69) is 25.1 Å². The normalized spacial score (nSPS) is 15.3. The minimum Gasteiger partial charge on any atom is -0.337 e. The predicted octanol–water partition coefficient (Wildman–Crippen LogP) is 1.24. The van der Waals surface area contributed by atoms with Crippen molar-refractivity contribution in [2.24, 2.45) is 0 Å². The van der Waals surface area contributed by atoms with E-state index in [1.165, 1.54) is 6.33 Å². The lowest BCUT2D eigenvalue weighted by atomic mass is 10.1. The van der Waals surface area contributed by atoms with Crippen molar-refractivity contribution in [1.29, 1.82) is 0 Å². The SMILES string of the molecule is [C-]#[N+]c1ccc2nc(N3CC(NC)C3)n3ncnc3c2c1. The van der Waals surface area contributed by atoms with Gasteiger partial charge in [0.1, 0.15) is 6.33 Å². The molecule has 2 aromatic heterocycles. The molecule has 1 saturated heterocycles. The Hall–Kier alpha value is -2.72. The van der Waals surface area contributed by atoms with Crippen LogP contribution >= 0.6 is 0 Å². The van der Waals surface area contributed by atoms with E-state index < -0.39 is 0 Å². The fraction of sp³-hybridized carbons (Fsp3) is 0.286. The Morgan fingerprint density at radius 3 is 3.00 bits per heavy atom. The molecule has 0 saturated carbocycles. The van der Waals surface area contributed by atoms with Crippen molar-refractivity contribution in [2.45, 2.75) is 6.04 Å². The van der Waals surface area contributed by atoms with E-state index in [-0.39, 0.29) is 0 Å². The zero-order chi connectivity index (χ0) is 14.4. The number of fused-ring (bicyclic) bond motifs is 3. The maximum absolute atomic E-state index is 7.13. The van der Waals surface area contributed by atoms with Crippen LogP contribution in [0.15, 0.2) is 24.5 Å². The highest BCUT2D eigenvalue weighted by atomic mass is 15.4. The average Bonchev–Trinajstić information content (AvgIpc) is 2.95. The van der Waals surface area contributed by atoms with Crippen molar-refractivity contribution in [1.82, 2.24) is 24.9 Å². The Morgan fingerprint density at radius 1 is 1.38 bits per heavy atom. The lowest BCUT2D eigenvalue weighted by molar-refractivity contribution is 0.440. The number of nitrogens with one attached hydrogen (secondary N) is 1. The topological polar surface area (TPSA) is 62.7 Å². The third-order valence-corrected chi connectivity index (χ3v) is 3.88. The number of anilines is 1. The molecule has 104 valence electrons. The molecule has 0 spiro atoms. The average molecular weight is 279 g/mol. The molecule has 4 rings (SSSR count). The molecule has 0 radical (unpaired) electrons. The molecule has 7 heteroatoms. The number of hydrogen-bond donors (Lipinski definition) is 1. The smallest absolute Gasteiger partial charge is 0.229 e. The van der Waals surface area contributed by atoms with Gasteiger partial charge in [0.05, 0.1) is 12.1 Å². The predicted molar refractivity (Wildman–Crippen MR) is 79.6 cm³/mol. The van der Waals surface area contributed by atoms with Crippen LogP contribution in [0.3, 0.4) is 0 Å². The first-order chi connectivity index (χ1) is 10.3. The molecule has 1 N–H and O–H groups in total. The van der Waals surface area contributed by atoms with E-state index in [0.29, 0.717) is 11.7 Å². The summed E-state index contributed by atoms with van der Waals surface area (Å²) in [7, 11) is 1.97. The summed E-state index contributed by atoms with van der Waals surface area (Å²) in [6.07, 6.45) is 1.53. The second-order valence-electron chi connectivity index (χ2n) is 5.11. The molecule has 0 aliphatic carbocycles. The molecule has 1 aliphatic rings. The first kappa shape index (κ1) is 12.1. The first-order valence-corrected chi connectivity index (χ1v) is 6.73. The molecule has 1 fully saturated rings. The van der Waals surface area contributed by atoms with E-state index in [1.54, 1.807) is 10.6 Å². The van der Waals surface area contributed by atoms with Gasteiger partial charge in [-0.1, -0.05) is 6.07 Å². The van der Waals surface area contributed by atoms with Gasteiger partial charge in [0, 0.05) is 24.5 Å². The molecular weight excluding hydrogens is 266 g/mol. The van der Waals surface area contributed by atoms with Crippen LogP contribution in [0.4, 0.5) is 11.6 Å². The third-order valence-electron chi connectivity index (χ3n) is 3.88. The van der Waals surface area contributed by atoms with Gasteiger partial charge in [0.15, 0.2) is 11.3 Å². The van der Waals surface area contributed by atoms with E-state index >= 15 is 0 Å². The largest absolute Gasteiger partial charge is 0.337 e. The quantitative estimate of drug-likeness (QED) is 0.715. The van der Waals surface area contributed by atoms with Gasteiger partial charge >= 0.3 is 0 Å². The van der Waals surface area contributed by atoms with Gasteiger partial charge in [-0.15, -0.1) is 0 Å². The maximum Gasteiger partial charge on any atom is 0.229 e. The van der Waals surface area contributed by atoms with Gasteiger partial charge in [-0.05, 0) is 19.2 Å². The first-order valence-electron chi connectivity index (χ1n) is 6.73. The maximum atomic E-state index is 7.13. The van der Waals surface area contributed by atoms with Gasteiger partial charge in [0.25, 0.3) is 0 Å². The molecule has 0 amide bonds. The molecule has 3 aromatic rings. The Labute approximate surface area is 121 Å². The monoisotopic (exact) mass is 279 g/mol. The van der Waals surface area contributed by atoms with Gasteiger partial charge in [-0.2, -0.15) is 9.61 Å². The van der Waals surface area contributed by atoms with E-state index in [9.17, 15) is 0 Å². The van der Waals surface area contributed by atoms with Crippen molar-refractivity contribution < 1.29 is 0 Å². The van der Waals surface area contributed by atoms with E-state index in [0.717, 1.165) is 35.6 Å². The number of hydrogen-bond acceptors (Lipinski definition) is 5. The minimum atomic E-state index is 0.491. The molecule has 0 atom stereocenters. The van der Waals surface area contributed by atoms with E-state index in [4.69, 9.17) is 11.6 Å². The van der Waals surface area contributed by atoms with Crippen LogP contribution in [-0.4, -0.2) is 45.8 Å². The standard InChI is InChI=1S/C14H13N7/c1-15-9-3-4-12-11(5-9)13-17-8-18-21(13)14(19-12)20-6-10(7-20)16-2/h3-5,8,10,16H,6-7H2,2H3. The van der Waals surface area contributed by atoms with Gasteiger partial charge in [-0.25, -0.2) is 14.8 Å². The number of aromatic nitrogens is 4. The van der Waals surface area contributed by atoms with Crippen LogP contribution in [0.25, 0.3) is 21.4 Å². The zero-order valence-electron chi connectivity index (χ0n) is 11.5. The number of rotatable bonds is 2. The molecule has 1 aromatic carbocycles. The Kier molecular flexibility index (Phi) is 2.52. The third kappa shape index (κ3) is 1.73. The molecule has 21 heavy (non-hydrogen) atoms. The van der Waals surface area contributed by atoms with Crippen LogP contribution in [0.1, 0.15) is 0 Å². The Balaban J connectivity index is 1.91. The summed E-state index contributed by atoms with van der Waals surface area (Å²) >= 11 is 0. The summed E-state index contributed by atoms with van der Waals surface area (Å²) in [5.41, 5.74) is 2.17. The van der Waals surface area contributed by atoms with Gasteiger partial charge < -0.3 is 10.2 Å². The zero-order valence-corrected chi connectivity index (χ0v) is 11.5. The second kappa shape index (κ2) is 4.40. The highest BCUT2D eigenvalue weighted by molar-refractivity contribution is 5.94. The highest BCUT2D eigenvalue weighted by Gasteiger charge is 2.29. The molecule has 7 nitrogen and oxygen atoms in total. The lowest BCUT2D eigenvalue weighted by Gasteiger charge is -2.39. The Morgan fingerprint density at radius 2 is 2.24 bits per heavy atom. The van der Waals surface area contributed by atoms with Crippen LogP contribution < -0.4 is 10.2 Å².